The molecule has 0 aliphatic carbocycles. The zero-order valence-corrected chi connectivity index (χ0v) is 17.4. The number of pyridine rings is 1. The van der Waals surface area contributed by atoms with E-state index in [-0.39, 0.29) is 17.1 Å². The topological polar surface area (TPSA) is 79.9 Å². The van der Waals surface area contributed by atoms with Gasteiger partial charge in [0.1, 0.15) is 5.82 Å². The molecule has 0 aliphatic rings. The van der Waals surface area contributed by atoms with Crippen molar-refractivity contribution in [2.75, 3.05) is 13.7 Å². The van der Waals surface area contributed by atoms with E-state index in [0.717, 1.165) is 12.6 Å². The molecular formula is C22H23F3N4O2. The Labute approximate surface area is 177 Å². The van der Waals surface area contributed by atoms with Crippen molar-refractivity contribution < 1.29 is 17.9 Å². The SMILES string of the molecule is COc1ccc(-c2cc(=O)[nH]c(-c3cc(CNCC(C)C)ccc3C(F)(F)F)n2)cn1. The minimum Gasteiger partial charge on any atom is -0.481 e. The summed E-state index contributed by atoms with van der Waals surface area (Å²) in [6.07, 6.45) is -3.16. The predicted octanol–water partition coefficient (Wildman–Crippen LogP) is 4.27. The number of benzene rings is 1. The Hall–Kier alpha value is -3.20. The van der Waals surface area contributed by atoms with Crippen molar-refractivity contribution in [1.29, 1.82) is 0 Å². The molecule has 0 spiro atoms. The molecule has 1 aromatic carbocycles. The van der Waals surface area contributed by atoms with Crippen LogP contribution in [0.5, 0.6) is 5.88 Å². The van der Waals surface area contributed by atoms with Crippen LogP contribution in [0.3, 0.4) is 0 Å². The second-order valence-corrected chi connectivity index (χ2v) is 7.47. The van der Waals surface area contributed by atoms with Crippen molar-refractivity contribution in [3.8, 4) is 28.5 Å². The molecule has 2 aromatic heterocycles. The number of nitrogens with zero attached hydrogens (tertiary/aromatic N) is 2. The van der Waals surface area contributed by atoms with E-state index >= 15 is 0 Å². The fourth-order valence-electron chi connectivity index (χ4n) is 3.04. The Bertz CT molecular complexity index is 1090. The fraction of sp³-hybridized carbons (Fsp3) is 0.318. The minimum absolute atomic E-state index is 0.156. The summed E-state index contributed by atoms with van der Waals surface area (Å²) in [5.74, 6) is 0.618. The highest BCUT2D eigenvalue weighted by Gasteiger charge is 2.34. The van der Waals surface area contributed by atoms with Crippen LogP contribution in [0.4, 0.5) is 13.2 Å². The summed E-state index contributed by atoms with van der Waals surface area (Å²) in [5.41, 5.74) is -0.262. The van der Waals surface area contributed by atoms with E-state index in [9.17, 15) is 18.0 Å². The van der Waals surface area contributed by atoms with E-state index in [2.05, 4.69) is 20.3 Å². The Morgan fingerprint density at radius 2 is 1.94 bits per heavy atom. The maximum atomic E-state index is 13.7. The predicted molar refractivity (Wildman–Crippen MR) is 112 cm³/mol. The number of nitrogens with one attached hydrogen (secondary N) is 2. The quantitative estimate of drug-likeness (QED) is 0.583. The number of aromatic amines is 1. The summed E-state index contributed by atoms with van der Waals surface area (Å²) in [6.45, 7) is 5.21. The second kappa shape index (κ2) is 9.30. The molecule has 0 radical (unpaired) electrons. The Morgan fingerprint density at radius 3 is 2.55 bits per heavy atom. The van der Waals surface area contributed by atoms with Gasteiger partial charge in [-0.2, -0.15) is 13.2 Å². The maximum Gasteiger partial charge on any atom is 0.417 e. The molecule has 6 nitrogen and oxygen atoms in total. The van der Waals surface area contributed by atoms with Crippen LogP contribution < -0.4 is 15.6 Å². The molecule has 0 saturated carbocycles. The molecule has 3 rings (SSSR count). The number of alkyl halides is 3. The molecule has 2 N–H and O–H groups in total. The first-order chi connectivity index (χ1) is 14.7. The fourth-order valence-corrected chi connectivity index (χ4v) is 3.04. The monoisotopic (exact) mass is 432 g/mol. The standard InChI is InChI=1S/C22H23F3N4O2/c1-13(2)10-26-11-14-4-6-17(22(23,24)25)16(8-14)21-28-18(9-19(30)29-21)15-5-7-20(31-3)27-12-15/h4-9,12-13,26H,10-11H2,1-3H3,(H,28,29,30). The highest BCUT2D eigenvalue weighted by molar-refractivity contribution is 5.66. The molecule has 3 aromatic rings. The first-order valence-corrected chi connectivity index (χ1v) is 9.70. The summed E-state index contributed by atoms with van der Waals surface area (Å²) in [6, 6.07) is 8.28. The zero-order chi connectivity index (χ0) is 22.6. The number of H-pyrrole nitrogens is 1. The van der Waals surface area contributed by atoms with E-state index in [1.54, 1.807) is 12.1 Å². The van der Waals surface area contributed by atoms with Gasteiger partial charge in [0.25, 0.3) is 5.56 Å². The first-order valence-electron chi connectivity index (χ1n) is 9.70. The maximum absolute atomic E-state index is 13.7. The van der Waals surface area contributed by atoms with Crippen molar-refractivity contribution in [3.05, 3.63) is 64.1 Å². The summed E-state index contributed by atoms with van der Waals surface area (Å²) in [5, 5.41) is 3.20. The normalized spacial score (nSPS) is 11.7. The van der Waals surface area contributed by atoms with Crippen molar-refractivity contribution >= 4 is 0 Å². The lowest BCUT2D eigenvalue weighted by atomic mass is 10.0. The van der Waals surface area contributed by atoms with Crippen LogP contribution >= 0.6 is 0 Å². The van der Waals surface area contributed by atoms with Crippen LogP contribution in [0.2, 0.25) is 0 Å². The molecule has 0 unspecified atom stereocenters. The molecule has 31 heavy (non-hydrogen) atoms. The number of aromatic nitrogens is 3. The molecule has 0 saturated heterocycles. The first kappa shape index (κ1) is 22.5. The van der Waals surface area contributed by atoms with E-state index in [1.165, 1.54) is 31.5 Å². The van der Waals surface area contributed by atoms with Crippen LogP contribution in [0.15, 0.2) is 47.4 Å². The van der Waals surface area contributed by atoms with E-state index in [4.69, 9.17) is 4.74 Å². The van der Waals surface area contributed by atoms with Gasteiger partial charge in [0.2, 0.25) is 5.88 Å². The van der Waals surface area contributed by atoms with Crippen LogP contribution in [0, 0.1) is 5.92 Å². The van der Waals surface area contributed by atoms with E-state index in [1.807, 2.05) is 13.8 Å². The molecule has 0 bridgehead atoms. The zero-order valence-electron chi connectivity index (χ0n) is 17.4. The third kappa shape index (κ3) is 5.69. The van der Waals surface area contributed by atoms with Gasteiger partial charge in [-0.3, -0.25) is 4.79 Å². The summed E-state index contributed by atoms with van der Waals surface area (Å²) in [7, 11) is 1.47. The van der Waals surface area contributed by atoms with E-state index < -0.39 is 17.3 Å². The van der Waals surface area contributed by atoms with Crippen LogP contribution in [0.25, 0.3) is 22.6 Å². The lowest BCUT2D eigenvalue weighted by molar-refractivity contribution is -0.137. The van der Waals surface area contributed by atoms with Gasteiger partial charge in [-0.15, -0.1) is 0 Å². The van der Waals surface area contributed by atoms with Gasteiger partial charge in [0.15, 0.2) is 0 Å². The number of hydrogen-bond acceptors (Lipinski definition) is 5. The van der Waals surface area contributed by atoms with Crippen molar-refractivity contribution in [3.63, 3.8) is 0 Å². The number of hydrogen-bond donors (Lipinski definition) is 2. The molecule has 0 aliphatic heterocycles. The van der Waals surface area contributed by atoms with Crippen molar-refractivity contribution in [2.24, 2.45) is 5.92 Å². The Morgan fingerprint density at radius 1 is 1.16 bits per heavy atom. The number of rotatable bonds is 7. The van der Waals surface area contributed by atoms with Crippen LogP contribution in [-0.4, -0.2) is 28.6 Å². The third-order valence-electron chi connectivity index (χ3n) is 4.51. The summed E-state index contributed by atoms with van der Waals surface area (Å²) < 4.78 is 46.0. The number of methoxy groups -OCH3 is 1. The Balaban J connectivity index is 2.06. The van der Waals surface area contributed by atoms with Gasteiger partial charge in [-0.1, -0.05) is 19.9 Å². The molecule has 0 atom stereocenters. The van der Waals surface area contributed by atoms with Gasteiger partial charge in [-0.05, 0) is 36.2 Å². The molecule has 2 heterocycles. The minimum atomic E-state index is -4.60. The molecule has 164 valence electrons. The molecule has 0 amide bonds. The van der Waals surface area contributed by atoms with Gasteiger partial charge < -0.3 is 15.0 Å². The van der Waals surface area contributed by atoms with Gasteiger partial charge >= 0.3 is 6.18 Å². The summed E-state index contributed by atoms with van der Waals surface area (Å²) in [4.78, 5) is 23.0. The second-order valence-electron chi connectivity index (χ2n) is 7.47. The number of halogens is 3. The van der Waals surface area contributed by atoms with Gasteiger partial charge in [0.05, 0.1) is 18.4 Å². The number of ether oxygens (including phenoxy) is 1. The molecule has 9 heteroatoms. The smallest absolute Gasteiger partial charge is 0.417 e. The van der Waals surface area contributed by atoms with Gasteiger partial charge in [0, 0.05) is 36.0 Å². The van der Waals surface area contributed by atoms with E-state index in [0.29, 0.717) is 29.5 Å². The average molecular weight is 432 g/mol. The van der Waals surface area contributed by atoms with Crippen LogP contribution in [0.1, 0.15) is 25.0 Å². The highest BCUT2D eigenvalue weighted by Crippen LogP contribution is 2.36. The largest absolute Gasteiger partial charge is 0.481 e. The Kier molecular flexibility index (Phi) is 6.74. The highest BCUT2D eigenvalue weighted by atomic mass is 19.4. The lowest BCUT2D eigenvalue weighted by Crippen LogP contribution is -2.19. The van der Waals surface area contributed by atoms with Gasteiger partial charge in [-0.25, -0.2) is 9.97 Å². The third-order valence-corrected chi connectivity index (χ3v) is 4.51. The average Bonchev–Trinajstić information content (AvgIpc) is 2.72. The molecule has 0 fully saturated rings. The lowest BCUT2D eigenvalue weighted by Gasteiger charge is -2.15. The van der Waals surface area contributed by atoms with Crippen molar-refractivity contribution in [1.82, 2.24) is 20.3 Å². The summed E-state index contributed by atoms with van der Waals surface area (Å²) >= 11 is 0. The van der Waals surface area contributed by atoms with Crippen LogP contribution in [-0.2, 0) is 12.7 Å². The molecular weight excluding hydrogens is 409 g/mol. The van der Waals surface area contributed by atoms with Crippen molar-refractivity contribution in [2.45, 2.75) is 26.6 Å².